The first-order valence-electron chi connectivity index (χ1n) is 6.02. The molecule has 0 aromatic rings. The molecule has 4 nitrogen and oxygen atoms in total. The highest BCUT2D eigenvalue weighted by Gasteiger charge is 2.24. The van der Waals surface area contributed by atoms with Gasteiger partial charge in [-0.1, -0.05) is 6.92 Å². The van der Waals surface area contributed by atoms with Gasteiger partial charge in [-0.2, -0.15) is 0 Å². The fraction of sp³-hybridized carbons (Fsp3) is 1.00. The Morgan fingerprint density at radius 1 is 1.12 bits per heavy atom. The van der Waals surface area contributed by atoms with Gasteiger partial charge in [0.15, 0.2) is 0 Å². The topological polar surface area (TPSA) is 47.6 Å². The maximum absolute atomic E-state index is 12.1. The van der Waals surface area contributed by atoms with Crippen LogP contribution in [0.15, 0.2) is 0 Å². The highest BCUT2D eigenvalue weighted by Crippen LogP contribution is 2.47. The molecule has 1 N–H and O–H groups in total. The standard InChI is InChI=1S/C11H26NO3P/c1-6-11(4,5)12-9-10-16(13,14-7-2)15-8-3/h12H,6-10H2,1-5H3. The molecule has 0 aromatic carbocycles. The molecule has 0 amide bonds. The molecule has 0 unspecified atom stereocenters. The molecule has 0 heterocycles. The van der Waals surface area contributed by atoms with E-state index in [1.165, 1.54) is 0 Å². The minimum atomic E-state index is -2.88. The van der Waals surface area contributed by atoms with Crippen molar-refractivity contribution in [2.75, 3.05) is 25.9 Å². The first-order chi connectivity index (χ1) is 7.39. The van der Waals surface area contributed by atoms with Gasteiger partial charge in [-0.25, -0.2) is 0 Å². The highest BCUT2D eigenvalue weighted by molar-refractivity contribution is 7.53. The van der Waals surface area contributed by atoms with Crippen LogP contribution in [0.5, 0.6) is 0 Å². The number of rotatable bonds is 9. The Labute approximate surface area is 99.6 Å². The number of nitrogens with one attached hydrogen (secondary N) is 1. The van der Waals surface area contributed by atoms with Gasteiger partial charge < -0.3 is 14.4 Å². The van der Waals surface area contributed by atoms with Crippen LogP contribution in [0.2, 0.25) is 0 Å². The summed E-state index contributed by atoms with van der Waals surface area (Å²) in [4.78, 5) is 0. The van der Waals surface area contributed by atoms with E-state index in [4.69, 9.17) is 9.05 Å². The normalized spacial score (nSPS) is 13.1. The molecule has 0 aromatic heterocycles. The van der Waals surface area contributed by atoms with Crippen LogP contribution in [-0.4, -0.2) is 31.5 Å². The molecule has 98 valence electrons. The summed E-state index contributed by atoms with van der Waals surface area (Å²) >= 11 is 0. The average Bonchev–Trinajstić information content (AvgIpc) is 2.18. The van der Waals surface area contributed by atoms with Gasteiger partial charge >= 0.3 is 7.60 Å². The van der Waals surface area contributed by atoms with Crippen molar-refractivity contribution >= 4 is 7.60 Å². The van der Waals surface area contributed by atoms with E-state index < -0.39 is 7.60 Å². The quantitative estimate of drug-likeness (QED) is 0.640. The third-order valence-corrected chi connectivity index (χ3v) is 4.60. The fourth-order valence-corrected chi connectivity index (χ4v) is 2.72. The largest absolute Gasteiger partial charge is 0.331 e. The van der Waals surface area contributed by atoms with Crippen molar-refractivity contribution in [2.24, 2.45) is 0 Å². The van der Waals surface area contributed by atoms with E-state index in [0.29, 0.717) is 25.9 Å². The molecule has 0 aliphatic carbocycles. The minimum Gasteiger partial charge on any atom is -0.311 e. The predicted molar refractivity (Wildman–Crippen MR) is 68.1 cm³/mol. The smallest absolute Gasteiger partial charge is 0.311 e. The van der Waals surface area contributed by atoms with Crippen molar-refractivity contribution in [3.05, 3.63) is 0 Å². The molecule has 5 heteroatoms. The highest BCUT2D eigenvalue weighted by atomic mass is 31.2. The van der Waals surface area contributed by atoms with Gasteiger partial charge in [0.25, 0.3) is 0 Å². The molecule has 0 rings (SSSR count). The van der Waals surface area contributed by atoms with Crippen molar-refractivity contribution in [3.63, 3.8) is 0 Å². The Morgan fingerprint density at radius 3 is 2.00 bits per heavy atom. The van der Waals surface area contributed by atoms with Gasteiger partial charge in [-0.15, -0.1) is 0 Å². The zero-order valence-electron chi connectivity index (χ0n) is 11.2. The van der Waals surface area contributed by atoms with Crippen LogP contribution in [0, 0.1) is 0 Å². The predicted octanol–water partition coefficient (Wildman–Crippen LogP) is 3.03. The zero-order valence-corrected chi connectivity index (χ0v) is 12.1. The van der Waals surface area contributed by atoms with E-state index in [2.05, 4.69) is 26.1 Å². The fourth-order valence-electron chi connectivity index (χ4n) is 1.22. The lowest BCUT2D eigenvalue weighted by atomic mass is 10.0. The molecular formula is C11H26NO3P. The molecule has 0 atom stereocenters. The third-order valence-electron chi connectivity index (χ3n) is 2.52. The van der Waals surface area contributed by atoms with E-state index in [1.807, 2.05) is 13.8 Å². The van der Waals surface area contributed by atoms with Crippen molar-refractivity contribution in [2.45, 2.75) is 46.6 Å². The van der Waals surface area contributed by atoms with Gasteiger partial charge in [-0.3, -0.25) is 4.57 Å². The molecule has 0 fully saturated rings. The summed E-state index contributed by atoms with van der Waals surface area (Å²) in [5.74, 6) is 0. The Bertz CT molecular complexity index is 221. The summed E-state index contributed by atoms with van der Waals surface area (Å²) in [6, 6.07) is 0. The third kappa shape index (κ3) is 6.64. The molecule has 0 aliphatic rings. The number of hydrogen-bond acceptors (Lipinski definition) is 4. The summed E-state index contributed by atoms with van der Waals surface area (Å²) in [5, 5.41) is 3.35. The molecule has 0 spiro atoms. The van der Waals surface area contributed by atoms with Gasteiger partial charge in [0, 0.05) is 12.1 Å². The molecule has 0 saturated heterocycles. The Morgan fingerprint density at radius 2 is 1.62 bits per heavy atom. The first-order valence-corrected chi connectivity index (χ1v) is 7.75. The first kappa shape index (κ1) is 16.1. The van der Waals surface area contributed by atoms with Crippen molar-refractivity contribution in [1.82, 2.24) is 5.32 Å². The second kappa shape index (κ2) is 7.44. The lowest BCUT2D eigenvalue weighted by Crippen LogP contribution is -2.40. The minimum absolute atomic E-state index is 0.0727. The van der Waals surface area contributed by atoms with E-state index in [1.54, 1.807) is 0 Å². The maximum atomic E-state index is 12.1. The summed E-state index contributed by atoms with van der Waals surface area (Å²) in [6.07, 6.45) is 1.46. The van der Waals surface area contributed by atoms with Crippen molar-refractivity contribution < 1.29 is 13.6 Å². The Kier molecular flexibility index (Phi) is 7.49. The van der Waals surface area contributed by atoms with Crippen molar-refractivity contribution in [3.8, 4) is 0 Å². The molecular weight excluding hydrogens is 225 g/mol. The van der Waals surface area contributed by atoms with Crippen LogP contribution in [0.1, 0.15) is 41.0 Å². The lowest BCUT2D eigenvalue weighted by Gasteiger charge is -2.25. The maximum Gasteiger partial charge on any atom is 0.331 e. The zero-order chi connectivity index (χ0) is 12.7. The summed E-state index contributed by atoms with van der Waals surface area (Å²) in [6.45, 7) is 11.5. The second-order valence-corrected chi connectivity index (χ2v) is 6.52. The average molecular weight is 251 g/mol. The van der Waals surface area contributed by atoms with Gasteiger partial charge in [-0.05, 0) is 34.1 Å². The lowest BCUT2D eigenvalue weighted by molar-refractivity contribution is 0.219. The molecule has 0 aliphatic heterocycles. The van der Waals surface area contributed by atoms with Gasteiger partial charge in [0.05, 0.1) is 19.4 Å². The summed E-state index contributed by atoms with van der Waals surface area (Å²) in [5.41, 5.74) is 0.0727. The van der Waals surface area contributed by atoms with E-state index in [0.717, 1.165) is 6.42 Å². The van der Waals surface area contributed by atoms with E-state index in [-0.39, 0.29) is 5.54 Å². The Hall–Kier alpha value is 0.110. The van der Waals surface area contributed by atoms with E-state index >= 15 is 0 Å². The van der Waals surface area contributed by atoms with Gasteiger partial charge in [0.1, 0.15) is 0 Å². The molecule has 16 heavy (non-hydrogen) atoms. The van der Waals surface area contributed by atoms with Gasteiger partial charge in [0.2, 0.25) is 0 Å². The van der Waals surface area contributed by atoms with E-state index in [9.17, 15) is 4.57 Å². The summed E-state index contributed by atoms with van der Waals surface area (Å²) in [7, 11) is -2.88. The van der Waals surface area contributed by atoms with Crippen molar-refractivity contribution in [1.29, 1.82) is 0 Å². The van der Waals surface area contributed by atoms with Crippen LogP contribution in [-0.2, 0) is 13.6 Å². The van der Waals surface area contributed by atoms with Crippen LogP contribution < -0.4 is 5.32 Å². The van der Waals surface area contributed by atoms with Crippen LogP contribution in [0.4, 0.5) is 0 Å². The van der Waals surface area contributed by atoms with Crippen LogP contribution in [0.3, 0.4) is 0 Å². The molecule has 0 saturated carbocycles. The SMILES string of the molecule is CCOP(=O)(CCNC(C)(C)CC)OCC. The summed E-state index contributed by atoms with van der Waals surface area (Å²) < 4.78 is 22.5. The molecule has 0 bridgehead atoms. The Balaban J connectivity index is 4.08. The van der Waals surface area contributed by atoms with Crippen LogP contribution in [0.25, 0.3) is 0 Å². The molecule has 0 radical (unpaired) electrons. The number of hydrogen-bond donors (Lipinski definition) is 1. The van der Waals surface area contributed by atoms with Crippen LogP contribution >= 0.6 is 7.60 Å². The monoisotopic (exact) mass is 251 g/mol. The second-order valence-electron chi connectivity index (χ2n) is 4.33.